The third-order valence-corrected chi connectivity index (χ3v) is 8.66. The average Bonchev–Trinajstić information content (AvgIpc) is 3.36. The lowest BCUT2D eigenvalue weighted by Gasteiger charge is -2.34. The summed E-state index contributed by atoms with van der Waals surface area (Å²) >= 11 is 12.8. The zero-order valence-corrected chi connectivity index (χ0v) is 24.4. The summed E-state index contributed by atoms with van der Waals surface area (Å²) in [6, 6.07) is 7.74. The Morgan fingerprint density at radius 2 is 1.77 bits per heavy atom. The Morgan fingerprint density at radius 1 is 1.15 bits per heavy atom. The van der Waals surface area contributed by atoms with E-state index < -0.39 is 33.4 Å². The van der Waals surface area contributed by atoms with Gasteiger partial charge in [0, 0.05) is 40.3 Å². The monoisotopic (exact) mass is 598 g/mol. The van der Waals surface area contributed by atoms with Gasteiger partial charge in [-0.25, -0.2) is 8.42 Å². The summed E-state index contributed by atoms with van der Waals surface area (Å²) in [5.74, 6) is -1.03. The zero-order valence-electron chi connectivity index (χ0n) is 22.0. The van der Waals surface area contributed by atoms with Crippen LogP contribution in [0.1, 0.15) is 50.2 Å². The lowest BCUT2D eigenvalue weighted by atomic mass is 10.1. The topological polar surface area (TPSA) is 130 Å². The van der Waals surface area contributed by atoms with Crippen LogP contribution >= 0.6 is 23.2 Å². The van der Waals surface area contributed by atoms with Gasteiger partial charge in [0.1, 0.15) is 12.6 Å². The van der Waals surface area contributed by atoms with Gasteiger partial charge < -0.3 is 10.2 Å². The molecule has 0 radical (unpaired) electrons. The second kappa shape index (κ2) is 13.0. The van der Waals surface area contributed by atoms with Crippen molar-refractivity contribution in [2.24, 2.45) is 0 Å². The SMILES string of the molecule is CC[C@@H](C(=O)NC1CCCC1)N(Cc1c(Cl)cccc1Cl)C(=O)CN(c1cc([N+](=O)[O-])ccc1C)S(C)(=O)=O. The predicted octanol–water partition coefficient (Wildman–Crippen LogP) is 4.84. The Labute approximate surface area is 238 Å². The number of aryl methyl sites for hydroxylation is 1. The van der Waals surface area contributed by atoms with Crippen molar-refractivity contribution in [1.29, 1.82) is 0 Å². The van der Waals surface area contributed by atoms with Crippen molar-refractivity contribution >= 4 is 56.4 Å². The highest BCUT2D eigenvalue weighted by atomic mass is 35.5. The number of hydrogen-bond donors (Lipinski definition) is 1. The highest BCUT2D eigenvalue weighted by Crippen LogP contribution is 2.30. The van der Waals surface area contributed by atoms with Gasteiger partial charge in [-0.05, 0) is 43.9 Å². The van der Waals surface area contributed by atoms with E-state index in [9.17, 15) is 28.1 Å². The number of anilines is 1. The van der Waals surface area contributed by atoms with Gasteiger partial charge in [0.15, 0.2) is 0 Å². The molecule has 0 unspecified atom stereocenters. The van der Waals surface area contributed by atoms with Crippen LogP contribution in [0.3, 0.4) is 0 Å². The van der Waals surface area contributed by atoms with Gasteiger partial charge in [-0.3, -0.25) is 24.0 Å². The van der Waals surface area contributed by atoms with Crippen molar-refractivity contribution in [1.82, 2.24) is 10.2 Å². The molecular formula is C26H32Cl2N4O6S. The molecule has 3 rings (SSSR count). The van der Waals surface area contributed by atoms with Crippen LogP contribution in [0.15, 0.2) is 36.4 Å². The van der Waals surface area contributed by atoms with Gasteiger partial charge in [-0.1, -0.05) is 55.1 Å². The molecule has 13 heteroatoms. The zero-order chi connectivity index (χ0) is 28.9. The number of amides is 2. The van der Waals surface area contributed by atoms with Crippen molar-refractivity contribution in [2.75, 3.05) is 17.1 Å². The summed E-state index contributed by atoms with van der Waals surface area (Å²) in [6.45, 7) is 2.52. The first-order chi connectivity index (χ1) is 18.3. The maximum absolute atomic E-state index is 13.9. The number of halogens is 2. The van der Waals surface area contributed by atoms with Crippen molar-refractivity contribution in [3.63, 3.8) is 0 Å². The van der Waals surface area contributed by atoms with E-state index in [1.807, 2.05) is 0 Å². The predicted molar refractivity (Wildman–Crippen MR) is 152 cm³/mol. The van der Waals surface area contributed by atoms with Gasteiger partial charge in [0.05, 0.1) is 16.9 Å². The van der Waals surface area contributed by atoms with E-state index in [2.05, 4.69) is 5.32 Å². The normalized spacial score (nSPS) is 14.6. The molecule has 0 spiro atoms. The Kier molecular flexibility index (Phi) is 10.2. The molecule has 0 bridgehead atoms. The number of carbonyl (C=O) groups excluding carboxylic acids is 2. The first-order valence-corrected chi connectivity index (χ1v) is 15.2. The standard InChI is InChI=1S/C26H32Cl2N4O6S/c1-4-23(26(34)29-18-8-5-6-9-18)30(15-20-21(27)10-7-11-22(20)28)25(33)16-31(39(3,37)38)24-14-19(32(35)36)13-12-17(24)2/h7,10-14,18,23H,4-6,8-9,15-16H2,1-3H3,(H,29,34)/t23-/m0/s1. The van der Waals surface area contributed by atoms with E-state index in [-0.39, 0.29) is 36.3 Å². The first kappa shape index (κ1) is 30.6. The summed E-state index contributed by atoms with van der Waals surface area (Å²) in [5, 5.41) is 15.0. The van der Waals surface area contributed by atoms with Crippen molar-refractivity contribution in [3.05, 3.63) is 67.7 Å². The third kappa shape index (κ3) is 7.61. The van der Waals surface area contributed by atoms with Gasteiger partial charge in [0.25, 0.3) is 5.69 Å². The van der Waals surface area contributed by atoms with Crippen LogP contribution in [0.25, 0.3) is 0 Å². The number of non-ortho nitro benzene ring substituents is 1. The average molecular weight is 600 g/mol. The maximum Gasteiger partial charge on any atom is 0.271 e. The minimum Gasteiger partial charge on any atom is -0.352 e. The van der Waals surface area contributed by atoms with Crippen LogP contribution in [0.5, 0.6) is 0 Å². The van der Waals surface area contributed by atoms with Crippen LogP contribution < -0.4 is 9.62 Å². The maximum atomic E-state index is 13.9. The summed E-state index contributed by atoms with van der Waals surface area (Å²) in [5.41, 5.74) is 0.516. The fourth-order valence-corrected chi connectivity index (χ4v) is 6.13. The van der Waals surface area contributed by atoms with Crippen LogP contribution in [0.2, 0.25) is 10.0 Å². The fourth-order valence-electron chi connectivity index (χ4n) is 4.72. The van der Waals surface area contributed by atoms with E-state index in [1.165, 1.54) is 17.0 Å². The van der Waals surface area contributed by atoms with Crippen LogP contribution in [-0.4, -0.2) is 54.9 Å². The number of nitro benzene ring substituents is 1. The van der Waals surface area contributed by atoms with Gasteiger partial charge in [-0.15, -0.1) is 0 Å². The minimum atomic E-state index is -4.06. The molecule has 1 saturated carbocycles. The molecule has 2 aromatic carbocycles. The van der Waals surface area contributed by atoms with E-state index in [1.54, 1.807) is 32.0 Å². The highest BCUT2D eigenvalue weighted by Gasteiger charge is 2.34. The number of nitro groups is 1. The molecule has 1 fully saturated rings. The molecule has 2 amide bonds. The van der Waals surface area contributed by atoms with Gasteiger partial charge in [0.2, 0.25) is 21.8 Å². The summed E-state index contributed by atoms with van der Waals surface area (Å²) < 4.78 is 26.5. The Morgan fingerprint density at radius 3 is 2.31 bits per heavy atom. The third-order valence-electron chi connectivity index (χ3n) is 6.83. The molecule has 2 aromatic rings. The minimum absolute atomic E-state index is 0.000712. The van der Waals surface area contributed by atoms with E-state index in [4.69, 9.17) is 23.2 Å². The molecule has 1 aliphatic rings. The smallest absolute Gasteiger partial charge is 0.271 e. The van der Waals surface area contributed by atoms with E-state index in [0.717, 1.165) is 42.3 Å². The van der Waals surface area contributed by atoms with E-state index in [0.29, 0.717) is 21.2 Å². The van der Waals surface area contributed by atoms with Crippen LogP contribution in [0, 0.1) is 17.0 Å². The number of nitrogens with zero attached hydrogens (tertiary/aromatic N) is 3. The Bertz CT molecular complexity index is 1330. The molecule has 0 aliphatic heterocycles. The molecule has 1 N–H and O–H groups in total. The quantitative estimate of drug-likeness (QED) is 0.291. The first-order valence-electron chi connectivity index (χ1n) is 12.6. The Hall–Kier alpha value is -2.89. The molecule has 0 aromatic heterocycles. The summed E-state index contributed by atoms with van der Waals surface area (Å²) in [7, 11) is -4.06. The van der Waals surface area contributed by atoms with Gasteiger partial charge >= 0.3 is 0 Å². The van der Waals surface area contributed by atoms with Gasteiger partial charge in [-0.2, -0.15) is 0 Å². The van der Waals surface area contributed by atoms with Crippen LogP contribution in [-0.2, 0) is 26.2 Å². The summed E-state index contributed by atoms with van der Waals surface area (Å²) in [6.07, 6.45) is 4.87. The van der Waals surface area contributed by atoms with E-state index >= 15 is 0 Å². The molecule has 1 aliphatic carbocycles. The number of carbonyl (C=O) groups is 2. The van der Waals surface area contributed by atoms with Crippen molar-refractivity contribution in [2.45, 2.75) is 64.6 Å². The summed E-state index contributed by atoms with van der Waals surface area (Å²) in [4.78, 5) is 39.3. The second-order valence-electron chi connectivity index (χ2n) is 9.63. The number of hydrogen-bond acceptors (Lipinski definition) is 6. The number of rotatable bonds is 11. The number of sulfonamides is 1. The highest BCUT2D eigenvalue weighted by molar-refractivity contribution is 7.92. The lowest BCUT2D eigenvalue weighted by Crippen LogP contribution is -2.53. The van der Waals surface area contributed by atoms with Crippen molar-refractivity contribution < 1.29 is 22.9 Å². The number of benzene rings is 2. The second-order valence-corrected chi connectivity index (χ2v) is 12.4. The van der Waals surface area contributed by atoms with Crippen LogP contribution in [0.4, 0.5) is 11.4 Å². The molecular weight excluding hydrogens is 567 g/mol. The van der Waals surface area contributed by atoms with Crippen molar-refractivity contribution in [3.8, 4) is 0 Å². The fraction of sp³-hybridized carbons (Fsp3) is 0.462. The largest absolute Gasteiger partial charge is 0.352 e. The molecule has 0 saturated heterocycles. The molecule has 212 valence electrons. The lowest BCUT2D eigenvalue weighted by molar-refractivity contribution is -0.384. The Balaban J connectivity index is 2.03. The molecule has 0 heterocycles. The molecule has 10 nitrogen and oxygen atoms in total. The molecule has 39 heavy (non-hydrogen) atoms. The number of nitrogens with one attached hydrogen (secondary N) is 1. The molecule has 1 atom stereocenters.